The summed E-state index contributed by atoms with van der Waals surface area (Å²) in [6.07, 6.45) is -1.85. The van der Waals surface area contributed by atoms with Gasteiger partial charge in [0, 0.05) is 24.1 Å². The summed E-state index contributed by atoms with van der Waals surface area (Å²) < 4.78 is 40.5. The Morgan fingerprint density at radius 1 is 1.14 bits per heavy atom. The van der Waals surface area contributed by atoms with Crippen LogP contribution < -0.4 is 15.4 Å². The maximum Gasteiger partial charge on any atom is 0.573 e. The van der Waals surface area contributed by atoms with Gasteiger partial charge in [-0.25, -0.2) is 0 Å². The van der Waals surface area contributed by atoms with E-state index in [0.717, 1.165) is 25.0 Å². The molecule has 8 heteroatoms. The Balaban J connectivity index is 1.61. The molecule has 0 bridgehead atoms. The van der Waals surface area contributed by atoms with Crippen molar-refractivity contribution < 1.29 is 27.5 Å². The lowest BCUT2D eigenvalue weighted by Gasteiger charge is -2.48. The molecule has 1 saturated heterocycles. The number of alkyl halides is 3. The molecule has 2 N–H and O–H groups in total. The van der Waals surface area contributed by atoms with E-state index < -0.39 is 6.36 Å². The first-order chi connectivity index (χ1) is 13.4. The molecule has 0 aromatic heterocycles. The van der Waals surface area contributed by atoms with Crippen molar-refractivity contribution in [1.29, 1.82) is 0 Å². The number of carbonyl (C=O) groups is 2. The number of ether oxygens (including phenoxy) is 1. The van der Waals surface area contributed by atoms with Crippen molar-refractivity contribution in [3.8, 4) is 5.75 Å². The molecule has 1 aliphatic heterocycles. The molecule has 3 rings (SSSR count). The molecule has 4 atom stereocenters. The third-order valence-electron chi connectivity index (χ3n) is 5.97. The molecular weight excluding hydrogens is 385 g/mol. The normalized spacial score (nSPS) is 27.6. The van der Waals surface area contributed by atoms with Crippen LogP contribution in [0.1, 0.15) is 56.8 Å². The molecule has 2 fully saturated rings. The van der Waals surface area contributed by atoms with Gasteiger partial charge < -0.3 is 15.4 Å². The summed E-state index contributed by atoms with van der Waals surface area (Å²) in [6, 6.07) is 4.79. The molecule has 1 aromatic carbocycles. The molecule has 5 nitrogen and oxygen atoms in total. The highest BCUT2D eigenvalue weighted by Gasteiger charge is 2.45. The second kappa shape index (κ2) is 7.88. The van der Waals surface area contributed by atoms with Gasteiger partial charge in [0.05, 0.1) is 0 Å². The molecule has 160 valence electrons. The molecule has 1 aliphatic carbocycles. The Morgan fingerprint density at radius 3 is 2.38 bits per heavy atom. The van der Waals surface area contributed by atoms with Gasteiger partial charge in [-0.15, -0.1) is 13.2 Å². The zero-order chi connectivity index (χ0) is 21.4. The van der Waals surface area contributed by atoms with Crippen molar-refractivity contribution in [2.75, 3.05) is 0 Å². The Labute approximate surface area is 168 Å². The van der Waals surface area contributed by atoms with Crippen LogP contribution in [0.3, 0.4) is 0 Å². The number of hydrogen-bond donors (Lipinski definition) is 2. The van der Waals surface area contributed by atoms with Crippen LogP contribution in [-0.2, 0) is 4.79 Å². The lowest BCUT2D eigenvalue weighted by atomic mass is 9.62. The van der Waals surface area contributed by atoms with E-state index in [1.807, 2.05) is 0 Å². The number of fused-ring (bicyclic) bond motifs is 1. The highest BCUT2D eigenvalue weighted by atomic mass is 19.4. The van der Waals surface area contributed by atoms with Crippen LogP contribution in [-0.4, -0.2) is 30.3 Å². The minimum atomic E-state index is -4.77. The first kappa shape index (κ1) is 21.5. The van der Waals surface area contributed by atoms with Gasteiger partial charge in [-0.2, -0.15) is 0 Å². The van der Waals surface area contributed by atoms with Crippen molar-refractivity contribution in [3.05, 3.63) is 29.8 Å². The largest absolute Gasteiger partial charge is 0.573 e. The smallest absolute Gasteiger partial charge is 0.406 e. The number of rotatable bonds is 3. The highest BCUT2D eigenvalue weighted by Crippen LogP contribution is 2.44. The summed E-state index contributed by atoms with van der Waals surface area (Å²) in [5.74, 6) is 0.0337. The molecule has 1 saturated carbocycles. The first-order valence-corrected chi connectivity index (χ1v) is 9.88. The van der Waals surface area contributed by atoms with Crippen LogP contribution in [0.2, 0.25) is 0 Å². The molecule has 4 unspecified atom stereocenters. The van der Waals surface area contributed by atoms with Crippen molar-refractivity contribution in [1.82, 2.24) is 10.6 Å². The van der Waals surface area contributed by atoms with E-state index in [2.05, 4.69) is 36.1 Å². The fraction of sp³-hybridized carbons (Fsp3) is 0.619. The third-order valence-corrected chi connectivity index (χ3v) is 5.97. The predicted octanol–water partition coefficient (Wildman–Crippen LogP) is 4.03. The second-order valence-corrected chi connectivity index (χ2v) is 9.07. The van der Waals surface area contributed by atoms with Crippen molar-refractivity contribution >= 4 is 11.8 Å². The minimum absolute atomic E-state index is 0.0297. The van der Waals surface area contributed by atoms with Gasteiger partial charge in [-0.3, -0.25) is 9.59 Å². The zero-order valence-corrected chi connectivity index (χ0v) is 16.8. The van der Waals surface area contributed by atoms with E-state index in [1.54, 1.807) is 0 Å². The molecule has 29 heavy (non-hydrogen) atoms. The Bertz CT molecular complexity index is 756. The number of benzene rings is 1. The number of halogens is 3. The average molecular weight is 412 g/mol. The molecule has 2 amide bonds. The van der Waals surface area contributed by atoms with Crippen LogP contribution in [0, 0.1) is 17.3 Å². The SMILES string of the molecule is CC(C)(C)C1CC(=O)NC2CC(NC(=O)c3ccc(OC(F)(F)F)cc3)CCC21. The Kier molecular flexibility index (Phi) is 5.83. The summed E-state index contributed by atoms with van der Waals surface area (Å²) in [4.78, 5) is 24.7. The van der Waals surface area contributed by atoms with Gasteiger partial charge in [0.1, 0.15) is 5.75 Å². The fourth-order valence-corrected chi connectivity index (χ4v) is 4.61. The predicted molar refractivity (Wildman–Crippen MR) is 101 cm³/mol. The van der Waals surface area contributed by atoms with Crippen molar-refractivity contribution in [3.63, 3.8) is 0 Å². The van der Waals surface area contributed by atoms with Crippen LogP contribution >= 0.6 is 0 Å². The molecular formula is C21H27F3N2O3. The average Bonchev–Trinajstić information content (AvgIpc) is 2.59. The van der Waals surface area contributed by atoms with E-state index >= 15 is 0 Å². The number of nitrogens with one attached hydrogen (secondary N) is 2. The van der Waals surface area contributed by atoms with Gasteiger partial charge in [-0.1, -0.05) is 20.8 Å². The van der Waals surface area contributed by atoms with Crippen molar-refractivity contribution in [2.45, 2.75) is 64.9 Å². The van der Waals surface area contributed by atoms with E-state index in [4.69, 9.17) is 0 Å². The van der Waals surface area contributed by atoms with Crippen LogP contribution in [0.25, 0.3) is 0 Å². The lowest BCUT2D eigenvalue weighted by Crippen LogP contribution is -2.57. The maximum atomic E-state index is 12.5. The Hall–Kier alpha value is -2.25. The summed E-state index contributed by atoms with van der Waals surface area (Å²) in [7, 11) is 0. The summed E-state index contributed by atoms with van der Waals surface area (Å²) >= 11 is 0. The van der Waals surface area contributed by atoms with Gasteiger partial charge in [0.2, 0.25) is 5.91 Å². The maximum absolute atomic E-state index is 12.5. The van der Waals surface area contributed by atoms with Crippen LogP contribution in [0.4, 0.5) is 13.2 Å². The summed E-state index contributed by atoms with van der Waals surface area (Å²) in [5.41, 5.74) is 0.304. The number of hydrogen-bond acceptors (Lipinski definition) is 3. The number of carbonyl (C=O) groups excluding carboxylic acids is 2. The monoisotopic (exact) mass is 412 g/mol. The number of amides is 2. The van der Waals surface area contributed by atoms with Gasteiger partial charge >= 0.3 is 6.36 Å². The quantitative estimate of drug-likeness (QED) is 0.788. The number of piperidine rings is 1. The Morgan fingerprint density at radius 2 is 1.79 bits per heavy atom. The molecule has 1 heterocycles. The van der Waals surface area contributed by atoms with Crippen molar-refractivity contribution in [2.24, 2.45) is 17.3 Å². The van der Waals surface area contributed by atoms with Gasteiger partial charge in [0.15, 0.2) is 0 Å². The van der Waals surface area contributed by atoms with Gasteiger partial charge in [0.25, 0.3) is 5.91 Å². The second-order valence-electron chi connectivity index (χ2n) is 9.07. The molecule has 1 aromatic rings. The zero-order valence-electron chi connectivity index (χ0n) is 16.8. The van der Waals surface area contributed by atoms with E-state index in [1.165, 1.54) is 12.1 Å². The fourth-order valence-electron chi connectivity index (χ4n) is 4.61. The van der Waals surface area contributed by atoms with Crippen LogP contribution in [0.5, 0.6) is 5.75 Å². The van der Waals surface area contributed by atoms with Crippen LogP contribution in [0.15, 0.2) is 24.3 Å². The molecule has 0 radical (unpaired) electrons. The van der Waals surface area contributed by atoms with Gasteiger partial charge in [-0.05, 0) is 60.8 Å². The summed E-state index contributed by atoms with van der Waals surface area (Å²) in [6.45, 7) is 6.48. The highest BCUT2D eigenvalue weighted by molar-refractivity contribution is 5.94. The van der Waals surface area contributed by atoms with E-state index in [0.29, 0.717) is 24.7 Å². The van der Waals surface area contributed by atoms with E-state index in [9.17, 15) is 22.8 Å². The molecule has 0 spiro atoms. The minimum Gasteiger partial charge on any atom is -0.406 e. The molecule has 2 aliphatic rings. The summed E-state index contributed by atoms with van der Waals surface area (Å²) in [5, 5.41) is 6.03. The first-order valence-electron chi connectivity index (χ1n) is 9.88. The topological polar surface area (TPSA) is 67.4 Å². The standard InChI is InChI=1S/C21H27F3N2O3/c1-20(2,3)16-11-18(27)26-17-10-13(6-9-15(16)17)25-19(28)12-4-7-14(8-5-12)29-21(22,23)24/h4-5,7-8,13,15-17H,6,9-11H2,1-3H3,(H,25,28)(H,26,27). The van der Waals surface area contributed by atoms with E-state index in [-0.39, 0.29) is 40.6 Å². The third kappa shape index (κ3) is 5.42. The lowest BCUT2D eigenvalue weighted by molar-refractivity contribution is -0.274.